The molecule has 0 aliphatic carbocycles. The molecule has 18 heavy (non-hydrogen) atoms. The summed E-state index contributed by atoms with van der Waals surface area (Å²) in [6.07, 6.45) is 1.31. The Hall–Kier alpha value is -1.88. The van der Waals surface area contributed by atoms with E-state index < -0.39 is 5.97 Å². The Labute approximate surface area is 108 Å². The minimum Gasteiger partial charge on any atom is -0.478 e. The summed E-state index contributed by atoms with van der Waals surface area (Å²) in [5.41, 5.74) is 0.864. The molecular weight excluding hydrogens is 253 g/mol. The number of carboxylic acids is 1. The van der Waals surface area contributed by atoms with E-state index in [2.05, 4.69) is 4.98 Å². The molecule has 5 heteroatoms. The Morgan fingerprint density at radius 2 is 2.06 bits per heavy atom. The molecular formula is C13H10FNO2S. The molecule has 2 aromatic rings. The number of halogens is 1. The predicted octanol–water partition coefficient (Wildman–Crippen LogP) is 3.21. The van der Waals surface area contributed by atoms with E-state index in [4.69, 9.17) is 5.11 Å². The Morgan fingerprint density at radius 1 is 1.28 bits per heavy atom. The molecule has 0 unspecified atom stereocenters. The van der Waals surface area contributed by atoms with Crippen LogP contribution in [0.1, 0.15) is 16.1 Å². The summed E-state index contributed by atoms with van der Waals surface area (Å²) in [5, 5.41) is 8.73. The van der Waals surface area contributed by atoms with E-state index >= 15 is 0 Å². The Bertz CT molecular complexity index is 557. The van der Waals surface area contributed by atoms with Crippen molar-refractivity contribution in [3.63, 3.8) is 0 Å². The van der Waals surface area contributed by atoms with Crippen LogP contribution in [-0.4, -0.2) is 16.1 Å². The van der Waals surface area contributed by atoms with Crippen LogP contribution in [0.15, 0.2) is 47.5 Å². The highest BCUT2D eigenvalue weighted by Gasteiger charge is 2.05. The highest BCUT2D eigenvalue weighted by molar-refractivity contribution is 7.98. The molecule has 0 saturated carbocycles. The van der Waals surface area contributed by atoms with Crippen LogP contribution in [0.4, 0.5) is 4.39 Å². The zero-order valence-electron chi connectivity index (χ0n) is 9.34. The second-order valence-electron chi connectivity index (χ2n) is 3.56. The quantitative estimate of drug-likeness (QED) is 0.860. The number of hydrogen-bond donors (Lipinski definition) is 1. The van der Waals surface area contributed by atoms with Gasteiger partial charge in [-0.05, 0) is 24.3 Å². The summed E-state index contributed by atoms with van der Waals surface area (Å²) >= 11 is 1.33. The van der Waals surface area contributed by atoms with Crippen molar-refractivity contribution in [2.75, 3.05) is 0 Å². The van der Waals surface area contributed by atoms with Gasteiger partial charge in [-0.25, -0.2) is 9.18 Å². The standard InChI is InChI=1S/C13H10FNO2S/c14-11-3-1-2-4-12(11)18-8-10-6-5-9(7-15-10)13(16)17/h1-7H,8H2,(H,16,17). The van der Waals surface area contributed by atoms with Crippen LogP contribution in [0.2, 0.25) is 0 Å². The molecule has 3 nitrogen and oxygen atoms in total. The zero-order valence-corrected chi connectivity index (χ0v) is 10.2. The lowest BCUT2D eigenvalue weighted by Gasteiger charge is -2.03. The van der Waals surface area contributed by atoms with Crippen LogP contribution < -0.4 is 0 Å². The minimum absolute atomic E-state index is 0.148. The number of hydrogen-bond acceptors (Lipinski definition) is 3. The molecule has 1 aromatic carbocycles. The first-order valence-electron chi connectivity index (χ1n) is 5.22. The second-order valence-corrected chi connectivity index (χ2v) is 4.58. The van der Waals surface area contributed by atoms with Crippen molar-refractivity contribution < 1.29 is 14.3 Å². The van der Waals surface area contributed by atoms with Crippen LogP contribution in [0.25, 0.3) is 0 Å². The van der Waals surface area contributed by atoms with Gasteiger partial charge in [-0.3, -0.25) is 4.98 Å². The molecule has 0 atom stereocenters. The number of benzene rings is 1. The highest BCUT2D eigenvalue weighted by atomic mass is 32.2. The topological polar surface area (TPSA) is 50.2 Å². The highest BCUT2D eigenvalue weighted by Crippen LogP contribution is 2.24. The number of pyridine rings is 1. The molecule has 0 amide bonds. The number of aromatic carboxylic acids is 1. The molecule has 1 N–H and O–H groups in total. The molecule has 0 fully saturated rings. The summed E-state index contributed by atoms with van der Waals surface area (Å²) in [4.78, 5) is 15.2. The maximum atomic E-state index is 13.3. The first-order valence-corrected chi connectivity index (χ1v) is 6.21. The smallest absolute Gasteiger partial charge is 0.337 e. The Morgan fingerprint density at radius 3 is 2.67 bits per heavy atom. The summed E-state index contributed by atoms with van der Waals surface area (Å²) in [7, 11) is 0. The largest absolute Gasteiger partial charge is 0.478 e. The van der Waals surface area contributed by atoms with Crippen molar-refractivity contribution in [1.82, 2.24) is 4.98 Å². The van der Waals surface area contributed by atoms with Gasteiger partial charge in [0.25, 0.3) is 0 Å². The van der Waals surface area contributed by atoms with Gasteiger partial charge in [0, 0.05) is 16.8 Å². The molecule has 1 aromatic heterocycles. The van der Waals surface area contributed by atoms with E-state index in [1.807, 2.05) is 0 Å². The van der Waals surface area contributed by atoms with Crippen molar-refractivity contribution in [1.29, 1.82) is 0 Å². The summed E-state index contributed by atoms with van der Waals surface area (Å²) in [5.74, 6) is -0.763. The molecule has 0 aliphatic heterocycles. The van der Waals surface area contributed by atoms with E-state index in [1.54, 1.807) is 24.3 Å². The molecule has 92 valence electrons. The molecule has 0 bridgehead atoms. The predicted molar refractivity (Wildman–Crippen MR) is 67.2 cm³/mol. The van der Waals surface area contributed by atoms with Gasteiger partial charge in [0.1, 0.15) is 5.82 Å². The lowest BCUT2D eigenvalue weighted by Crippen LogP contribution is -1.98. The summed E-state index contributed by atoms with van der Waals surface area (Å²) in [6.45, 7) is 0. The third-order valence-electron chi connectivity index (χ3n) is 2.28. The molecule has 1 heterocycles. The van der Waals surface area contributed by atoms with Gasteiger partial charge in [0.2, 0.25) is 0 Å². The number of rotatable bonds is 4. The van der Waals surface area contributed by atoms with Gasteiger partial charge in [0.05, 0.1) is 11.3 Å². The van der Waals surface area contributed by atoms with E-state index in [0.29, 0.717) is 16.3 Å². The van der Waals surface area contributed by atoms with Gasteiger partial charge in [-0.15, -0.1) is 11.8 Å². The SMILES string of the molecule is O=C(O)c1ccc(CSc2ccccc2F)nc1. The monoisotopic (exact) mass is 263 g/mol. The Kier molecular flexibility index (Phi) is 3.94. The molecule has 0 aliphatic rings. The fourth-order valence-electron chi connectivity index (χ4n) is 1.35. The van der Waals surface area contributed by atoms with E-state index in [-0.39, 0.29) is 11.4 Å². The lowest BCUT2D eigenvalue weighted by atomic mass is 10.2. The number of thioether (sulfide) groups is 1. The molecule has 0 saturated heterocycles. The van der Waals surface area contributed by atoms with Gasteiger partial charge in [0.15, 0.2) is 0 Å². The van der Waals surface area contributed by atoms with Crippen molar-refractivity contribution in [3.8, 4) is 0 Å². The number of nitrogens with zero attached hydrogens (tertiary/aromatic N) is 1. The van der Waals surface area contributed by atoms with Crippen molar-refractivity contribution in [3.05, 3.63) is 59.7 Å². The average Bonchev–Trinajstić information content (AvgIpc) is 2.38. The van der Waals surface area contributed by atoms with E-state index in [1.165, 1.54) is 30.1 Å². The lowest BCUT2D eigenvalue weighted by molar-refractivity contribution is 0.0696. The van der Waals surface area contributed by atoms with E-state index in [9.17, 15) is 9.18 Å². The number of carbonyl (C=O) groups is 1. The van der Waals surface area contributed by atoms with Crippen molar-refractivity contribution >= 4 is 17.7 Å². The van der Waals surface area contributed by atoms with Crippen molar-refractivity contribution in [2.24, 2.45) is 0 Å². The summed E-state index contributed by atoms with van der Waals surface area (Å²) in [6, 6.07) is 9.64. The van der Waals surface area contributed by atoms with Crippen LogP contribution in [0.3, 0.4) is 0 Å². The fraction of sp³-hybridized carbons (Fsp3) is 0.0769. The minimum atomic E-state index is -1.00. The first kappa shape index (κ1) is 12.6. The third kappa shape index (κ3) is 3.07. The van der Waals surface area contributed by atoms with Gasteiger partial charge >= 0.3 is 5.97 Å². The summed E-state index contributed by atoms with van der Waals surface area (Å²) < 4.78 is 13.3. The maximum absolute atomic E-state index is 13.3. The normalized spacial score (nSPS) is 10.3. The van der Waals surface area contributed by atoms with Gasteiger partial charge in [-0.1, -0.05) is 12.1 Å². The van der Waals surface area contributed by atoms with Crippen LogP contribution in [-0.2, 0) is 5.75 Å². The van der Waals surface area contributed by atoms with Crippen LogP contribution in [0, 0.1) is 5.82 Å². The van der Waals surface area contributed by atoms with Crippen molar-refractivity contribution in [2.45, 2.75) is 10.6 Å². The van der Waals surface area contributed by atoms with Crippen LogP contribution in [0.5, 0.6) is 0 Å². The fourth-order valence-corrected chi connectivity index (χ4v) is 2.20. The molecule has 0 spiro atoms. The van der Waals surface area contributed by atoms with E-state index in [0.717, 1.165) is 0 Å². The maximum Gasteiger partial charge on any atom is 0.337 e. The second kappa shape index (κ2) is 5.64. The average molecular weight is 263 g/mol. The van der Waals surface area contributed by atoms with Crippen LogP contribution >= 0.6 is 11.8 Å². The number of carboxylic acid groups (broad SMARTS) is 1. The van der Waals surface area contributed by atoms with Gasteiger partial charge < -0.3 is 5.11 Å². The molecule has 2 rings (SSSR count). The zero-order chi connectivity index (χ0) is 13.0. The van der Waals surface area contributed by atoms with Gasteiger partial charge in [-0.2, -0.15) is 0 Å². The first-order chi connectivity index (χ1) is 8.66. The number of aromatic nitrogens is 1. The third-order valence-corrected chi connectivity index (χ3v) is 3.37. The molecule has 0 radical (unpaired) electrons. The Balaban J connectivity index is 2.02.